The topological polar surface area (TPSA) is 93.4 Å². The standard InChI is InChI=1S/C22H25N5O2/c1-15(2)13-29-22(28)16-9-11-17(12-10-16)26-20-19(23)21(25-14-24-20)27(3)18-7-5-4-6-8-18/h4-12,14-15H,13,23H2,1-3H3,(H,24,25,26). The second-order valence-electron chi connectivity index (χ2n) is 7.05. The first-order chi connectivity index (χ1) is 14.0. The molecule has 3 rings (SSSR count). The normalized spacial score (nSPS) is 10.6. The largest absolute Gasteiger partial charge is 0.462 e. The van der Waals surface area contributed by atoms with E-state index in [9.17, 15) is 4.79 Å². The molecular weight excluding hydrogens is 366 g/mol. The molecule has 0 spiro atoms. The van der Waals surface area contributed by atoms with Crippen molar-refractivity contribution in [3.05, 3.63) is 66.5 Å². The molecule has 0 saturated carbocycles. The molecule has 0 unspecified atom stereocenters. The van der Waals surface area contributed by atoms with Crippen LogP contribution < -0.4 is 16.0 Å². The molecule has 29 heavy (non-hydrogen) atoms. The molecule has 0 bridgehead atoms. The Bertz CT molecular complexity index is 959. The molecule has 0 atom stereocenters. The number of nitrogen functional groups attached to an aromatic ring is 1. The van der Waals surface area contributed by atoms with Crippen molar-refractivity contribution >= 4 is 34.7 Å². The molecule has 1 aromatic heterocycles. The third-order valence-electron chi connectivity index (χ3n) is 4.26. The molecule has 0 radical (unpaired) electrons. The summed E-state index contributed by atoms with van der Waals surface area (Å²) in [5.74, 6) is 1.05. The molecule has 150 valence electrons. The fraction of sp³-hybridized carbons (Fsp3) is 0.227. The molecule has 2 aromatic carbocycles. The number of ether oxygens (including phenoxy) is 1. The predicted octanol–water partition coefficient (Wildman–Crippen LogP) is 4.38. The van der Waals surface area contributed by atoms with Crippen molar-refractivity contribution in [1.82, 2.24) is 9.97 Å². The van der Waals surface area contributed by atoms with Crippen LogP contribution in [0.3, 0.4) is 0 Å². The highest BCUT2D eigenvalue weighted by atomic mass is 16.5. The molecule has 0 aliphatic carbocycles. The smallest absolute Gasteiger partial charge is 0.338 e. The van der Waals surface area contributed by atoms with Gasteiger partial charge in [0.25, 0.3) is 0 Å². The lowest BCUT2D eigenvalue weighted by Crippen LogP contribution is -2.15. The number of esters is 1. The predicted molar refractivity (Wildman–Crippen MR) is 116 cm³/mol. The average Bonchev–Trinajstić information content (AvgIpc) is 2.74. The lowest BCUT2D eigenvalue weighted by molar-refractivity contribution is 0.0459. The number of benzene rings is 2. The highest BCUT2D eigenvalue weighted by Crippen LogP contribution is 2.31. The monoisotopic (exact) mass is 391 g/mol. The van der Waals surface area contributed by atoms with Crippen molar-refractivity contribution in [2.24, 2.45) is 5.92 Å². The van der Waals surface area contributed by atoms with E-state index in [0.717, 1.165) is 11.4 Å². The van der Waals surface area contributed by atoms with Crippen molar-refractivity contribution in [3.63, 3.8) is 0 Å². The van der Waals surface area contributed by atoms with E-state index in [1.54, 1.807) is 24.3 Å². The molecule has 0 amide bonds. The Morgan fingerprint density at radius 2 is 1.79 bits per heavy atom. The molecule has 0 fully saturated rings. The Balaban J connectivity index is 1.74. The molecule has 0 aliphatic rings. The van der Waals surface area contributed by atoms with Gasteiger partial charge in [-0.15, -0.1) is 0 Å². The van der Waals surface area contributed by atoms with Crippen LogP contribution in [0.15, 0.2) is 60.9 Å². The van der Waals surface area contributed by atoms with Crippen LogP contribution in [0.4, 0.5) is 28.7 Å². The number of carbonyl (C=O) groups is 1. The molecule has 3 N–H and O–H groups in total. The molecule has 0 saturated heterocycles. The summed E-state index contributed by atoms with van der Waals surface area (Å²) >= 11 is 0. The van der Waals surface area contributed by atoms with Gasteiger partial charge in [0.1, 0.15) is 12.0 Å². The van der Waals surface area contributed by atoms with E-state index < -0.39 is 0 Å². The van der Waals surface area contributed by atoms with E-state index in [1.807, 2.05) is 56.1 Å². The SMILES string of the molecule is CC(C)COC(=O)c1ccc(Nc2ncnc(N(C)c3ccccc3)c2N)cc1. The van der Waals surface area contributed by atoms with Crippen molar-refractivity contribution in [2.75, 3.05) is 29.6 Å². The second-order valence-corrected chi connectivity index (χ2v) is 7.05. The van der Waals surface area contributed by atoms with Gasteiger partial charge in [0.05, 0.1) is 12.2 Å². The molecule has 7 heteroatoms. The first-order valence-electron chi connectivity index (χ1n) is 9.39. The minimum atomic E-state index is -0.335. The molecule has 3 aromatic rings. The maximum absolute atomic E-state index is 12.0. The fourth-order valence-electron chi connectivity index (χ4n) is 2.68. The van der Waals surface area contributed by atoms with Gasteiger partial charge in [0, 0.05) is 18.4 Å². The Morgan fingerprint density at radius 3 is 2.45 bits per heavy atom. The van der Waals surface area contributed by atoms with Gasteiger partial charge in [-0.25, -0.2) is 14.8 Å². The van der Waals surface area contributed by atoms with E-state index in [1.165, 1.54) is 6.33 Å². The van der Waals surface area contributed by atoms with Gasteiger partial charge in [-0.1, -0.05) is 32.0 Å². The maximum atomic E-state index is 12.0. The van der Waals surface area contributed by atoms with E-state index in [4.69, 9.17) is 10.5 Å². The van der Waals surface area contributed by atoms with Gasteiger partial charge < -0.3 is 20.7 Å². The Hall–Kier alpha value is -3.61. The van der Waals surface area contributed by atoms with Crippen molar-refractivity contribution in [2.45, 2.75) is 13.8 Å². The van der Waals surface area contributed by atoms with Gasteiger partial charge in [0.15, 0.2) is 11.6 Å². The van der Waals surface area contributed by atoms with Gasteiger partial charge in [-0.05, 0) is 42.3 Å². The van der Waals surface area contributed by atoms with E-state index in [2.05, 4.69) is 15.3 Å². The lowest BCUT2D eigenvalue weighted by Gasteiger charge is -2.21. The van der Waals surface area contributed by atoms with E-state index in [-0.39, 0.29) is 5.97 Å². The second kappa shape index (κ2) is 9.05. The zero-order valence-electron chi connectivity index (χ0n) is 16.8. The van der Waals surface area contributed by atoms with E-state index in [0.29, 0.717) is 35.4 Å². The third kappa shape index (κ3) is 5.01. The lowest BCUT2D eigenvalue weighted by atomic mass is 10.2. The molecular formula is C22H25N5O2. The number of carbonyl (C=O) groups excluding carboxylic acids is 1. The first kappa shape index (κ1) is 20.1. The maximum Gasteiger partial charge on any atom is 0.338 e. The van der Waals surface area contributed by atoms with Crippen LogP contribution in [0.1, 0.15) is 24.2 Å². The summed E-state index contributed by atoms with van der Waals surface area (Å²) in [6.07, 6.45) is 1.46. The van der Waals surface area contributed by atoms with Crippen LogP contribution in [-0.4, -0.2) is 29.6 Å². The number of hydrogen-bond acceptors (Lipinski definition) is 7. The van der Waals surface area contributed by atoms with Crippen LogP contribution in [0, 0.1) is 5.92 Å². The van der Waals surface area contributed by atoms with Crippen LogP contribution in [0.5, 0.6) is 0 Å². The number of nitrogens with two attached hydrogens (primary N) is 1. The summed E-state index contributed by atoms with van der Waals surface area (Å²) in [6.45, 7) is 4.39. The zero-order valence-corrected chi connectivity index (χ0v) is 16.8. The molecule has 1 heterocycles. The van der Waals surface area contributed by atoms with Gasteiger partial charge in [-0.2, -0.15) is 0 Å². The van der Waals surface area contributed by atoms with Gasteiger partial charge in [0.2, 0.25) is 0 Å². The highest BCUT2D eigenvalue weighted by Gasteiger charge is 2.14. The number of anilines is 5. The number of nitrogens with one attached hydrogen (secondary N) is 1. The number of nitrogens with zero attached hydrogens (tertiary/aromatic N) is 3. The van der Waals surface area contributed by atoms with E-state index >= 15 is 0 Å². The summed E-state index contributed by atoms with van der Waals surface area (Å²) < 4.78 is 5.25. The van der Waals surface area contributed by atoms with Crippen LogP contribution >= 0.6 is 0 Å². The summed E-state index contributed by atoms with van der Waals surface area (Å²) in [4.78, 5) is 22.5. The fourth-order valence-corrected chi connectivity index (χ4v) is 2.68. The minimum absolute atomic E-state index is 0.295. The molecule has 0 aliphatic heterocycles. The number of hydrogen-bond donors (Lipinski definition) is 2. The Labute approximate surface area is 170 Å². The van der Waals surface area contributed by atoms with Gasteiger partial charge in [-0.3, -0.25) is 0 Å². The van der Waals surface area contributed by atoms with Crippen LogP contribution in [0.2, 0.25) is 0 Å². The Kier molecular flexibility index (Phi) is 6.29. The number of rotatable bonds is 7. The minimum Gasteiger partial charge on any atom is -0.462 e. The number of aromatic nitrogens is 2. The summed E-state index contributed by atoms with van der Waals surface area (Å²) in [5, 5.41) is 3.18. The average molecular weight is 391 g/mol. The van der Waals surface area contributed by atoms with Crippen molar-refractivity contribution < 1.29 is 9.53 Å². The highest BCUT2D eigenvalue weighted by molar-refractivity contribution is 5.90. The summed E-state index contributed by atoms with van der Waals surface area (Å²) in [7, 11) is 1.90. The quantitative estimate of drug-likeness (QED) is 0.577. The van der Waals surface area contributed by atoms with Crippen LogP contribution in [0.25, 0.3) is 0 Å². The summed E-state index contributed by atoms with van der Waals surface area (Å²) in [6, 6.07) is 16.8. The van der Waals surface area contributed by atoms with Crippen LogP contribution in [-0.2, 0) is 4.74 Å². The van der Waals surface area contributed by atoms with Gasteiger partial charge >= 0.3 is 5.97 Å². The first-order valence-corrected chi connectivity index (χ1v) is 9.39. The number of para-hydroxylation sites is 1. The van der Waals surface area contributed by atoms with Crippen molar-refractivity contribution in [1.29, 1.82) is 0 Å². The Morgan fingerprint density at radius 1 is 1.10 bits per heavy atom. The third-order valence-corrected chi connectivity index (χ3v) is 4.26. The molecule has 7 nitrogen and oxygen atoms in total. The zero-order chi connectivity index (χ0) is 20.8. The van der Waals surface area contributed by atoms with Crippen molar-refractivity contribution in [3.8, 4) is 0 Å². The summed E-state index contributed by atoms with van der Waals surface area (Å²) in [5.41, 5.74) is 8.96.